The summed E-state index contributed by atoms with van der Waals surface area (Å²) in [5.41, 5.74) is 1.01. The Morgan fingerprint density at radius 2 is 2.20 bits per heavy atom. The van der Waals surface area contributed by atoms with Crippen LogP contribution in [0.15, 0.2) is 0 Å². The van der Waals surface area contributed by atoms with Gasteiger partial charge in [-0.1, -0.05) is 20.3 Å². The summed E-state index contributed by atoms with van der Waals surface area (Å²) in [6.45, 7) is 6.35. The van der Waals surface area contributed by atoms with Gasteiger partial charge in [0, 0.05) is 0 Å². The number of ether oxygens (including phenoxy) is 1. The summed E-state index contributed by atoms with van der Waals surface area (Å²) in [4.78, 5) is 11.5. The van der Waals surface area contributed by atoms with E-state index in [2.05, 4.69) is 29.3 Å². The summed E-state index contributed by atoms with van der Waals surface area (Å²) in [5.74, 6) is 0.0906. The molecule has 1 unspecified atom stereocenters. The molecular formula is C10H17N3O2. The van der Waals surface area contributed by atoms with Gasteiger partial charge >= 0.3 is 5.97 Å². The van der Waals surface area contributed by atoms with E-state index in [1.54, 1.807) is 6.92 Å². The minimum absolute atomic E-state index is 0.317. The van der Waals surface area contributed by atoms with Crippen LogP contribution in [0.4, 0.5) is 0 Å². The smallest absolute Gasteiger partial charge is 0.360 e. The van der Waals surface area contributed by atoms with E-state index in [0.29, 0.717) is 23.9 Å². The van der Waals surface area contributed by atoms with Gasteiger partial charge in [0.15, 0.2) is 5.69 Å². The largest absolute Gasteiger partial charge is 0.461 e. The maximum Gasteiger partial charge on any atom is 0.360 e. The van der Waals surface area contributed by atoms with Crippen LogP contribution in [-0.2, 0) is 11.2 Å². The highest BCUT2D eigenvalue weighted by Gasteiger charge is 2.18. The highest BCUT2D eigenvalue weighted by molar-refractivity contribution is 5.88. The number of aromatic amines is 1. The molecule has 0 spiro atoms. The molecule has 0 aliphatic heterocycles. The predicted molar refractivity (Wildman–Crippen MR) is 55.5 cm³/mol. The van der Waals surface area contributed by atoms with E-state index in [0.717, 1.165) is 12.8 Å². The Kier molecular flexibility index (Phi) is 4.27. The van der Waals surface area contributed by atoms with Gasteiger partial charge in [-0.2, -0.15) is 10.3 Å². The van der Waals surface area contributed by atoms with Crippen molar-refractivity contribution in [2.75, 3.05) is 6.61 Å². The summed E-state index contributed by atoms with van der Waals surface area (Å²) in [7, 11) is 0. The van der Waals surface area contributed by atoms with Crippen LogP contribution in [0.25, 0.3) is 0 Å². The van der Waals surface area contributed by atoms with Crippen LogP contribution in [0.5, 0.6) is 0 Å². The second-order valence-corrected chi connectivity index (χ2v) is 3.56. The third-order valence-electron chi connectivity index (χ3n) is 2.33. The van der Waals surface area contributed by atoms with Crippen LogP contribution in [0.3, 0.4) is 0 Å². The molecule has 1 N–H and O–H groups in total. The SMILES string of the molecule is CCOC(=O)c1n[nH]nc1CC(C)CC. The third-order valence-corrected chi connectivity index (χ3v) is 2.33. The molecule has 84 valence electrons. The first-order valence-electron chi connectivity index (χ1n) is 5.25. The fraction of sp³-hybridized carbons (Fsp3) is 0.700. The second kappa shape index (κ2) is 5.48. The van der Waals surface area contributed by atoms with Gasteiger partial charge < -0.3 is 4.74 Å². The van der Waals surface area contributed by atoms with E-state index in [9.17, 15) is 4.79 Å². The summed E-state index contributed by atoms with van der Waals surface area (Å²) in [5, 5.41) is 10.2. The number of hydrogen-bond donors (Lipinski definition) is 1. The lowest BCUT2D eigenvalue weighted by Crippen LogP contribution is -2.10. The fourth-order valence-corrected chi connectivity index (χ4v) is 1.23. The van der Waals surface area contributed by atoms with Crippen LogP contribution in [-0.4, -0.2) is 28.0 Å². The number of carbonyl (C=O) groups is 1. The molecule has 1 aromatic heterocycles. The maximum absolute atomic E-state index is 11.5. The van der Waals surface area contributed by atoms with Crippen LogP contribution in [0.1, 0.15) is 43.4 Å². The minimum Gasteiger partial charge on any atom is -0.461 e. The van der Waals surface area contributed by atoms with Crippen molar-refractivity contribution in [2.24, 2.45) is 5.92 Å². The Hall–Kier alpha value is -1.39. The first-order valence-corrected chi connectivity index (χ1v) is 5.25. The van der Waals surface area contributed by atoms with E-state index < -0.39 is 5.97 Å². The van der Waals surface area contributed by atoms with Gasteiger partial charge in [-0.15, -0.1) is 5.10 Å². The number of H-pyrrole nitrogens is 1. The molecule has 0 amide bonds. The molecule has 1 heterocycles. The maximum atomic E-state index is 11.5. The molecule has 1 rings (SSSR count). The van der Waals surface area contributed by atoms with Gasteiger partial charge in [0.1, 0.15) is 0 Å². The summed E-state index contributed by atoms with van der Waals surface area (Å²) < 4.78 is 4.88. The molecule has 0 saturated heterocycles. The molecule has 1 aromatic rings. The van der Waals surface area contributed by atoms with E-state index >= 15 is 0 Å². The monoisotopic (exact) mass is 211 g/mol. The Morgan fingerprint density at radius 3 is 2.80 bits per heavy atom. The van der Waals surface area contributed by atoms with Crippen LogP contribution < -0.4 is 0 Å². The van der Waals surface area contributed by atoms with Gasteiger partial charge in [-0.3, -0.25) is 0 Å². The van der Waals surface area contributed by atoms with Gasteiger partial charge in [0.2, 0.25) is 0 Å². The number of aromatic nitrogens is 3. The van der Waals surface area contributed by atoms with Crippen molar-refractivity contribution < 1.29 is 9.53 Å². The van der Waals surface area contributed by atoms with Crippen molar-refractivity contribution in [3.8, 4) is 0 Å². The summed E-state index contributed by atoms with van der Waals surface area (Å²) in [6.07, 6.45) is 1.80. The second-order valence-electron chi connectivity index (χ2n) is 3.56. The van der Waals surface area contributed by atoms with Gasteiger partial charge in [-0.25, -0.2) is 4.79 Å². The van der Waals surface area contributed by atoms with Gasteiger partial charge in [0.05, 0.1) is 12.3 Å². The fourth-order valence-electron chi connectivity index (χ4n) is 1.23. The van der Waals surface area contributed by atoms with Crippen LogP contribution in [0, 0.1) is 5.92 Å². The molecule has 0 fully saturated rings. The Morgan fingerprint density at radius 1 is 1.47 bits per heavy atom. The normalized spacial score (nSPS) is 12.5. The van der Waals surface area contributed by atoms with E-state index in [4.69, 9.17) is 4.74 Å². The van der Waals surface area contributed by atoms with Crippen LogP contribution in [0.2, 0.25) is 0 Å². The number of rotatable bonds is 5. The molecule has 0 aliphatic rings. The first-order chi connectivity index (χ1) is 7.19. The number of nitrogens with one attached hydrogen (secondary N) is 1. The average molecular weight is 211 g/mol. The first kappa shape index (κ1) is 11.7. The Balaban J connectivity index is 2.73. The Labute approximate surface area is 89.2 Å². The summed E-state index contributed by atoms with van der Waals surface area (Å²) >= 11 is 0. The molecule has 0 bridgehead atoms. The number of esters is 1. The van der Waals surface area contributed by atoms with E-state index in [1.807, 2.05) is 0 Å². The topological polar surface area (TPSA) is 67.9 Å². The van der Waals surface area contributed by atoms with Crippen molar-refractivity contribution in [3.63, 3.8) is 0 Å². The molecule has 1 atom stereocenters. The van der Waals surface area contributed by atoms with Crippen LogP contribution >= 0.6 is 0 Å². The molecule has 15 heavy (non-hydrogen) atoms. The molecule has 0 saturated carbocycles. The zero-order valence-electron chi connectivity index (χ0n) is 9.41. The highest BCUT2D eigenvalue weighted by Crippen LogP contribution is 2.12. The molecule has 5 nitrogen and oxygen atoms in total. The third kappa shape index (κ3) is 3.04. The van der Waals surface area contributed by atoms with E-state index in [-0.39, 0.29) is 0 Å². The lowest BCUT2D eigenvalue weighted by Gasteiger charge is -2.06. The lowest BCUT2D eigenvalue weighted by molar-refractivity contribution is 0.0518. The van der Waals surface area contributed by atoms with Crippen molar-refractivity contribution in [3.05, 3.63) is 11.4 Å². The zero-order valence-corrected chi connectivity index (χ0v) is 9.41. The zero-order chi connectivity index (χ0) is 11.3. The van der Waals surface area contributed by atoms with Crippen molar-refractivity contribution in [1.29, 1.82) is 0 Å². The van der Waals surface area contributed by atoms with E-state index in [1.165, 1.54) is 0 Å². The van der Waals surface area contributed by atoms with Gasteiger partial charge in [0.25, 0.3) is 0 Å². The number of carbonyl (C=O) groups excluding carboxylic acids is 1. The standard InChI is InChI=1S/C10H17N3O2/c1-4-7(3)6-8-9(12-13-11-8)10(14)15-5-2/h7H,4-6H2,1-3H3,(H,11,12,13). The van der Waals surface area contributed by atoms with Gasteiger partial charge in [-0.05, 0) is 19.3 Å². The lowest BCUT2D eigenvalue weighted by atomic mass is 10.0. The molecular weight excluding hydrogens is 194 g/mol. The highest BCUT2D eigenvalue weighted by atomic mass is 16.5. The number of hydrogen-bond acceptors (Lipinski definition) is 4. The molecule has 0 aromatic carbocycles. The average Bonchev–Trinajstić information content (AvgIpc) is 2.66. The molecule has 0 radical (unpaired) electrons. The Bertz CT molecular complexity index is 322. The molecule has 0 aliphatic carbocycles. The summed E-state index contributed by atoms with van der Waals surface area (Å²) in [6, 6.07) is 0. The number of nitrogens with zero attached hydrogens (tertiary/aromatic N) is 2. The van der Waals surface area contributed by atoms with Crippen molar-refractivity contribution in [1.82, 2.24) is 15.4 Å². The van der Waals surface area contributed by atoms with Crippen molar-refractivity contribution >= 4 is 5.97 Å². The van der Waals surface area contributed by atoms with Crippen molar-refractivity contribution in [2.45, 2.75) is 33.6 Å². The minimum atomic E-state index is -0.399. The predicted octanol–water partition coefficient (Wildman–Crippen LogP) is 1.57. The molecule has 5 heteroatoms. The quantitative estimate of drug-likeness (QED) is 0.750.